The van der Waals surface area contributed by atoms with Gasteiger partial charge in [-0.25, -0.2) is 13.1 Å². The minimum Gasteiger partial charge on any atom is -0.469 e. The van der Waals surface area contributed by atoms with Crippen molar-refractivity contribution < 1.29 is 22.9 Å². The second-order valence-electron chi connectivity index (χ2n) is 5.13. The fraction of sp³-hybridized carbons (Fsp3) is 0.267. The highest BCUT2D eigenvalue weighted by molar-refractivity contribution is 7.89. The molecule has 1 aromatic heterocycles. The van der Waals surface area contributed by atoms with Gasteiger partial charge < -0.3 is 4.74 Å². The van der Waals surface area contributed by atoms with E-state index in [1.54, 1.807) is 17.5 Å². The first kappa shape index (κ1) is 19.0. The number of benzene rings is 1. The van der Waals surface area contributed by atoms with Gasteiger partial charge in [-0.1, -0.05) is 12.1 Å². The first-order chi connectivity index (χ1) is 11.8. The highest BCUT2D eigenvalue weighted by Gasteiger charge is 2.28. The molecule has 0 aliphatic carbocycles. The molecule has 25 heavy (non-hydrogen) atoms. The van der Waals surface area contributed by atoms with Crippen molar-refractivity contribution in [1.29, 1.82) is 0 Å². The number of methoxy groups -OCH3 is 1. The van der Waals surface area contributed by atoms with Crippen LogP contribution in [0.1, 0.15) is 22.9 Å². The predicted octanol–water partition coefficient (Wildman–Crippen LogP) is 2.55. The maximum Gasteiger partial charge on any atom is 0.307 e. The normalized spacial score (nSPS) is 12.6. The molecule has 0 radical (unpaired) electrons. The molecule has 1 heterocycles. The van der Waals surface area contributed by atoms with Crippen molar-refractivity contribution in [2.24, 2.45) is 0 Å². The van der Waals surface area contributed by atoms with Crippen molar-refractivity contribution in [2.45, 2.75) is 24.3 Å². The quantitative estimate of drug-likeness (QED) is 0.445. The molecular formula is C15H16N2O6S2. The number of hydrogen-bond donors (Lipinski definition) is 1. The van der Waals surface area contributed by atoms with Crippen LogP contribution in [0.5, 0.6) is 0 Å². The summed E-state index contributed by atoms with van der Waals surface area (Å²) in [5.41, 5.74) is -0.258. The van der Waals surface area contributed by atoms with Crippen LogP contribution in [0.3, 0.4) is 0 Å². The number of nitrogens with one attached hydrogen (secondary N) is 1. The van der Waals surface area contributed by atoms with Crippen LogP contribution in [0.2, 0.25) is 0 Å². The van der Waals surface area contributed by atoms with Crippen molar-refractivity contribution in [3.63, 3.8) is 0 Å². The van der Waals surface area contributed by atoms with E-state index >= 15 is 0 Å². The molecule has 0 bridgehead atoms. The molecule has 2 rings (SSSR count). The van der Waals surface area contributed by atoms with E-state index in [-0.39, 0.29) is 22.6 Å². The molecule has 1 unspecified atom stereocenters. The van der Waals surface area contributed by atoms with Gasteiger partial charge in [0.25, 0.3) is 5.69 Å². The maximum atomic E-state index is 12.7. The summed E-state index contributed by atoms with van der Waals surface area (Å²) >= 11 is 1.29. The zero-order valence-corrected chi connectivity index (χ0v) is 15.1. The number of carbonyl (C=O) groups excluding carboxylic acids is 1. The standard InChI is InChI=1S/C15H16N2O6S2/c1-10-12(17(19)20)5-3-7-14(10)25(21,22)16-11(9-15(18)23-2)13-6-4-8-24-13/h3-8,11,16H,9H2,1-2H3. The lowest BCUT2D eigenvalue weighted by Gasteiger charge is -2.17. The van der Waals surface area contributed by atoms with E-state index in [2.05, 4.69) is 9.46 Å². The van der Waals surface area contributed by atoms with Crippen molar-refractivity contribution in [3.05, 3.63) is 56.3 Å². The number of nitro benzene ring substituents is 1. The van der Waals surface area contributed by atoms with E-state index in [0.29, 0.717) is 4.88 Å². The Morgan fingerprint density at radius 1 is 1.36 bits per heavy atom. The Hall–Kier alpha value is -2.30. The topological polar surface area (TPSA) is 116 Å². The smallest absolute Gasteiger partial charge is 0.307 e. The summed E-state index contributed by atoms with van der Waals surface area (Å²) in [6, 6.07) is 6.43. The number of rotatable bonds is 7. The van der Waals surface area contributed by atoms with Crippen LogP contribution < -0.4 is 4.72 Å². The summed E-state index contributed by atoms with van der Waals surface area (Å²) in [6.45, 7) is 1.37. The van der Waals surface area contributed by atoms with Crippen molar-refractivity contribution in [2.75, 3.05) is 7.11 Å². The third-order valence-corrected chi connectivity index (χ3v) is 6.13. The molecule has 1 aromatic carbocycles. The summed E-state index contributed by atoms with van der Waals surface area (Å²) in [5, 5.41) is 12.8. The lowest BCUT2D eigenvalue weighted by Crippen LogP contribution is -2.30. The van der Waals surface area contributed by atoms with Gasteiger partial charge in [0.05, 0.1) is 29.4 Å². The van der Waals surface area contributed by atoms with Crippen LogP contribution in [0.15, 0.2) is 40.6 Å². The van der Waals surface area contributed by atoms with Crippen LogP contribution in [0.4, 0.5) is 5.69 Å². The highest BCUT2D eigenvalue weighted by atomic mass is 32.2. The van der Waals surface area contributed by atoms with Gasteiger partial charge in [0, 0.05) is 16.5 Å². The third-order valence-electron chi connectivity index (χ3n) is 3.52. The van der Waals surface area contributed by atoms with Crippen LogP contribution in [-0.2, 0) is 19.6 Å². The number of thiophene rings is 1. The molecule has 1 N–H and O–H groups in total. The molecule has 1 atom stereocenters. The summed E-state index contributed by atoms with van der Waals surface area (Å²) < 4.78 is 32.5. The molecule has 10 heteroatoms. The van der Waals surface area contributed by atoms with Gasteiger partial charge in [-0.05, 0) is 24.4 Å². The maximum absolute atomic E-state index is 12.7. The first-order valence-electron chi connectivity index (χ1n) is 7.13. The number of carbonyl (C=O) groups is 1. The van der Waals surface area contributed by atoms with Crippen molar-refractivity contribution in [1.82, 2.24) is 4.72 Å². The zero-order valence-electron chi connectivity index (χ0n) is 13.5. The highest BCUT2D eigenvalue weighted by Crippen LogP contribution is 2.28. The Kier molecular flexibility index (Phi) is 5.88. The lowest BCUT2D eigenvalue weighted by molar-refractivity contribution is -0.385. The minimum absolute atomic E-state index is 0.0306. The second-order valence-corrected chi connectivity index (χ2v) is 7.79. The molecule has 0 aliphatic heterocycles. The fourth-order valence-electron chi connectivity index (χ4n) is 2.28. The SMILES string of the molecule is COC(=O)CC(NS(=O)(=O)c1cccc([N+](=O)[O-])c1C)c1cccs1. The summed E-state index contributed by atoms with van der Waals surface area (Å²) in [4.78, 5) is 22.4. The van der Waals surface area contributed by atoms with Crippen LogP contribution in [-0.4, -0.2) is 26.4 Å². The van der Waals surface area contributed by atoms with Crippen LogP contribution in [0.25, 0.3) is 0 Å². The summed E-state index contributed by atoms with van der Waals surface area (Å²) in [7, 11) is -2.87. The van der Waals surface area contributed by atoms with Gasteiger partial charge in [0.2, 0.25) is 10.0 Å². The lowest BCUT2D eigenvalue weighted by atomic mass is 10.2. The number of nitro groups is 1. The number of esters is 1. The van der Waals surface area contributed by atoms with Gasteiger partial charge in [0.1, 0.15) is 0 Å². The zero-order chi connectivity index (χ0) is 18.6. The van der Waals surface area contributed by atoms with Crippen LogP contribution in [0, 0.1) is 17.0 Å². The number of sulfonamides is 1. The van der Waals surface area contributed by atoms with Gasteiger partial charge in [-0.3, -0.25) is 14.9 Å². The molecule has 8 nitrogen and oxygen atoms in total. The minimum atomic E-state index is -4.08. The molecular weight excluding hydrogens is 368 g/mol. The number of ether oxygens (including phenoxy) is 1. The van der Waals surface area contributed by atoms with E-state index in [1.165, 1.54) is 43.6 Å². The number of nitrogens with zero attached hydrogens (tertiary/aromatic N) is 1. The molecule has 0 fully saturated rings. The monoisotopic (exact) mass is 384 g/mol. The summed E-state index contributed by atoms with van der Waals surface area (Å²) in [5.74, 6) is -0.572. The predicted molar refractivity (Wildman–Crippen MR) is 91.8 cm³/mol. The van der Waals surface area contributed by atoms with Crippen molar-refractivity contribution >= 4 is 33.0 Å². The molecule has 0 saturated carbocycles. The average molecular weight is 384 g/mol. The van der Waals surface area contributed by atoms with E-state index in [1.807, 2.05) is 0 Å². The summed E-state index contributed by atoms with van der Waals surface area (Å²) in [6.07, 6.45) is -0.190. The second kappa shape index (κ2) is 7.72. The first-order valence-corrected chi connectivity index (χ1v) is 9.49. The molecule has 0 amide bonds. The molecule has 2 aromatic rings. The van der Waals surface area contributed by atoms with Gasteiger partial charge in [0.15, 0.2) is 0 Å². The average Bonchev–Trinajstić information content (AvgIpc) is 3.08. The van der Waals surface area contributed by atoms with Gasteiger partial charge in [-0.2, -0.15) is 0 Å². The Labute approximate surface area is 148 Å². The van der Waals surface area contributed by atoms with E-state index < -0.39 is 27.0 Å². The molecule has 0 saturated heterocycles. The largest absolute Gasteiger partial charge is 0.469 e. The third kappa shape index (κ3) is 4.41. The molecule has 0 spiro atoms. The van der Waals surface area contributed by atoms with E-state index in [0.717, 1.165) is 0 Å². The van der Waals surface area contributed by atoms with E-state index in [9.17, 15) is 23.3 Å². The Bertz CT molecular complexity index is 877. The Morgan fingerprint density at radius 2 is 2.08 bits per heavy atom. The van der Waals surface area contributed by atoms with Gasteiger partial charge >= 0.3 is 5.97 Å². The molecule has 0 aliphatic rings. The molecule has 134 valence electrons. The number of hydrogen-bond acceptors (Lipinski definition) is 7. The van der Waals surface area contributed by atoms with E-state index in [4.69, 9.17) is 0 Å². The van der Waals surface area contributed by atoms with Crippen LogP contribution >= 0.6 is 11.3 Å². The van der Waals surface area contributed by atoms with Gasteiger partial charge in [-0.15, -0.1) is 11.3 Å². The Morgan fingerprint density at radius 3 is 2.64 bits per heavy atom. The fourth-order valence-corrected chi connectivity index (χ4v) is 4.61. The van der Waals surface area contributed by atoms with Crippen molar-refractivity contribution in [3.8, 4) is 0 Å². The Balaban J connectivity index is 2.39.